The lowest BCUT2D eigenvalue weighted by Crippen LogP contribution is -2.57. The maximum atomic E-state index is 11.7. The molecule has 1 aliphatic carbocycles. The summed E-state index contributed by atoms with van der Waals surface area (Å²) in [5, 5.41) is 6.37. The lowest BCUT2D eigenvalue weighted by molar-refractivity contribution is -0.125. The molecule has 0 spiro atoms. The molecule has 2 N–H and O–H groups in total. The molecular formula is C12H22N2O. The van der Waals surface area contributed by atoms with Gasteiger partial charge in [0.2, 0.25) is 5.91 Å². The van der Waals surface area contributed by atoms with Crippen molar-refractivity contribution in [3.8, 4) is 0 Å². The van der Waals surface area contributed by atoms with E-state index in [-0.39, 0.29) is 11.9 Å². The third kappa shape index (κ3) is 2.94. The minimum Gasteiger partial charge on any atom is -0.351 e. The predicted octanol–water partition coefficient (Wildman–Crippen LogP) is 1.43. The highest BCUT2D eigenvalue weighted by Crippen LogP contribution is 2.27. The summed E-state index contributed by atoms with van der Waals surface area (Å²) in [6.07, 6.45) is 7.78. The van der Waals surface area contributed by atoms with Crippen LogP contribution in [0.15, 0.2) is 0 Å². The summed E-state index contributed by atoms with van der Waals surface area (Å²) < 4.78 is 0. The molecule has 1 heterocycles. The Morgan fingerprint density at radius 3 is 2.67 bits per heavy atom. The second-order valence-electron chi connectivity index (χ2n) is 5.11. The molecule has 0 aromatic carbocycles. The highest BCUT2D eigenvalue weighted by Gasteiger charge is 2.28. The van der Waals surface area contributed by atoms with Crippen LogP contribution in [0.5, 0.6) is 0 Å². The van der Waals surface area contributed by atoms with E-state index in [1.165, 1.54) is 32.1 Å². The number of hydrogen-bond acceptors (Lipinski definition) is 2. The van der Waals surface area contributed by atoms with Crippen LogP contribution in [0.4, 0.5) is 0 Å². The first-order valence-electron chi connectivity index (χ1n) is 6.29. The summed E-state index contributed by atoms with van der Waals surface area (Å²) in [5.41, 5.74) is 0. The lowest BCUT2D eigenvalue weighted by Gasteiger charge is -2.31. The molecule has 0 radical (unpaired) electrons. The van der Waals surface area contributed by atoms with Crippen molar-refractivity contribution in [2.75, 3.05) is 6.54 Å². The quantitative estimate of drug-likeness (QED) is 0.724. The topological polar surface area (TPSA) is 41.1 Å². The largest absolute Gasteiger partial charge is 0.351 e. The fourth-order valence-corrected chi connectivity index (χ4v) is 2.75. The van der Waals surface area contributed by atoms with E-state index in [0.717, 1.165) is 18.9 Å². The Kier molecular flexibility index (Phi) is 3.62. The maximum absolute atomic E-state index is 11.7. The highest BCUT2D eigenvalue weighted by atomic mass is 16.2. The minimum atomic E-state index is 0.0734. The van der Waals surface area contributed by atoms with Gasteiger partial charge in [-0.3, -0.25) is 4.79 Å². The van der Waals surface area contributed by atoms with Gasteiger partial charge in [0.05, 0.1) is 6.04 Å². The molecule has 0 aromatic heterocycles. The van der Waals surface area contributed by atoms with Gasteiger partial charge in [-0.2, -0.15) is 0 Å². The van der Waals surface area contributed by atoms with Crippen molar-refractivity contribution in [2.24, 2.45) is 5.92 Å². The van der Waals surface area contributed by atoms with Crippen LogP contribution in [0, 0.1) is 5.92 Å². The van der Waals surface area contributed by atoms with Crippen molar-refractivity contribution in [1.29, 1.82) is 0 Å². The van der Waals surface area contributed by atoms with Gasteiger partial charge in [0.25, 0.3) is 0 Å². The maximum Gasteiger partial charge on any atom is 0.237 e. The van der Waals surface area contributed by atoms with Crippen LogP contribution in [0.25, 0.3) is 0 Å². The third-order valence-corrected chi connectivity index (χ3v) is 3.67. The molecule has 2 aliphatic rings. The number of rotatable bonds is 2. The number of nitrogens with one attached hydrogen (secondary N) is 2. The Hall–Kier alpha value is -0.570. The monoisotopic (exact) mass is 210 g/mol. The van der Waals surface area contributed by atoms with Gasteiger partial charge < -0.3 is 10.6 Å². The minimum absolute atomic E-state index is 0.0734. The molecule has 1 saturated heterocycles. The van der Waals surface area contributed by atoms with Crippen molar-refractivity contribution < 1.29 is 4.79 Å². The van der Waals surface area contributed by atoms with Crippen molar-refractivity contribution in [2.45, 2.75) is 57.5 Å². The third-order valence-electron chi connectivity index (χ3n) is 3.67. The van der Waals surface area contributed by atoms with E-state index in [1.807, 2.05) is 6.92 Å². The van der Waals surface area contributed by atoms with Crippen molar-refractivity contribution in [3.05, 3.63) is 0 Å². The fraction of sp³-hybridized carbons (Fsp3) is 0.917. The van der Waals surface area contributed by atoms with Gasteiger partial charge in [-0.1, -0.05) is 32.1 Å². The summed E-state index contributed by atoms with van der Waals surface area (Å²) in [4.78, 5) is 11.7. The highest BCUT2D eigenvalue weighted by molar-refractivity contribution is 5.82. The number of carbonyl (C=O) groups excluding carboxylic acids is 1. The standard InChI is InChI=1S/C12H22N2O/c1-9-8-13-11(12(15)14-9)7-10-5-3-2-4-6-10/h9-11,13H,2-8H2,1H3,(H,14,15). The zero-order chi connectivity index (χ0) is 10.7. The van der Waals surface area contributed by atoms with Gasteiger partial charge in [0.1, 0.15) is 0 Å². The number of hydrogen-bond donors (Lipinski definition) is 2. The Morgan fingerprint density at radius 1 is 1.27 bits per heavy atom. The van der Waals surface area contributed by atoms with E-state index in [0.29, 0.717) is 6.04 Å². The van der Waals surface area contributed by atoms with E-state index < -0.39 is 0 Å². The summed E-state index contributed by atoms with van der Waals surface area (Å²) in [5.74, 6) is 0.981. The molecule has 1 aliphatic heterocycles. The molecule has 0 aromatic rings. The fourth-order valence-electron chi connectivity index (χ4n) is 2.75. The summed E-state index contributed by atoms with van der Waals surface area (Å²) >= 11 is 0. The first-order chi connectivity index (χ1) is 7.25. The average Bonchev–Trinajstić information content (AvgIpc) is 2.24. The second-order valence-corrected chi connectivity index (χ2v) is 5.11. The van der Waals surface area contributed by atoms with E-state index in [1.54, 1.807) is 0 Å². The van der Waals surface area contributed by atoms with Crippen LogP contribution in [0.3, 0.4) is 0 Å². The van der Waals surface area contributed by atoms with Gasteiger partial charge in [0, 0.05) is 12.6 Å². The van der Waals surface area contributed by atoms with E-state index in [9.17, 15) is 4.79 Å². The molecule has 1 amide bonds. The zero-order valence-corrected chi connectivity index (χ0v) is 9.59. The molecule has 2 unspecified atom stereocenters. The van der Waals surface area contributed by atoms with Gasteiger partial charge in [0.15, 0.2) is 0 Å². The van der Waals surface area contributed by atoms with Crippen molar-refractivity contribution in [1.82, 2.24) is 10.6 Å². The Morgan fingerprint density at radius 2 is 2.00 bits per heavy atom. The Balaban J connectivity index is 1.80. The van der Waals surface area contributed by atoms with Crippen LogP contribution in [0.1, 0.15) is 45.4 Å². The van der Waals surface area contributed by atoms with Gasteiger partial charge in [-0.05, 0) is 19.3 Å². The van der Waals surface area contributed by atoms with Gasteiger partial charge in [-0.25, -0.2) is 0 Å². The Bertz CT molecular complexity index is 224. The summed E-state index contributed by atoms with van der Waals surface area (Å²) in [7, 11) is 0. The summed E-state index contributed by atoms with van der Waals surface area (Å²) in [6.45, 7) is 2.96. The number of carbonyl (C=O) groups is 1. The Labute approximate surface area is 92.0 Å². The number of piperazine rings is 1. The first kappa shape index (κ1) is 10.9. The SMILES string of the molecule is CC1CNC(CC2CCCCC2)C(=O)N1. The van der Waals surface area contributed by atoms with Crippen LogP contribution >= 0.6 is 0 Å². The second kappa shape index (κ2) is 4.97. The number of amides is 1. The average molecular weight is 210 g/mol. The first-order valence-corrected chi connectivity index (χ1v) is 6.29. The van der Waals surface area contributed by atoms with Crippen LogP contribution in [-0.4, -0.2) is 24.5 Å². The van der Waals surface area contributed by atoms with Crippen molar-refractivity contribution >= 4 is 5.91 Å². The van der Waals surface area contributed by atoms with Crippen LogP contribution < -0.4 is 10.6 Å². The molecule has 1 saturated carbocycles. The van der Waals surface area contributed by atoms with Gasteiger partial charge in [-0.15, -0.1) is 0 Å². The van der Waals surface area contributed by atoms with E-state index in [2.05, 4.69) is 10.6 Å². The molecule has 15 heavy (non-hydrogen) atoms. The predicted molar refractivity (Wildman–Crippen MR) is 60.6 cm³/mol. The van der Waals surface area contributed by atoms with E-state index in [4.69, 9.17) is 0 Å². The van der Waals surface area contributed by atoms with Gasteiger partial charge >= 0.3 is 0 Å². The van der Waals surface area contributed by atoms with Crippen molar-refractivity contribution in [3.63, 3.8) is 0 Å². The van der Waals surface area contributed by atoms with Crippen LogP contribution in [0.2, 0.25) is 0 Å². The molecule has 2 fully saturated rings. The molecule has 86 valence electrons. The molecule has 2 rings (SSSR count). The zero-order valence-electron chi connectivity index (χ0n) is 9.59. The normalized spacial score (nSPS) is 33.8. The smallest absolute Gasteiger partial charge is 0.237 e. The van der Waals surface area contributed by atoms with Crippen LogP contribution in [-0.2, 0) is 4.79 Å². The lowest BCUT2D eigenvalue weighted by atomic mass is 9.84. The molecule has 3 heteroatoms. The molecule has 3 nitrogen and oxygen atoms in total. The van der Waals surface area contributed by atoms with E-state index >= 15 is 0 Å². The molecular weight excluding hydrogens is 188 g/mol. The summed E-state index contributed by atoms with van der Waals surface area (Å²) in [6, 6.07) is 0.365. The molecule has 2 atom stereocenters. The molecule has 0 bridgehead atoms.